The topological polar surface area (TPSA) is 54.3 Å². The zero-order chi connectivity index (χ0) is 22.3. The first kappa shape index (κ1) is 21.5. The molecule has 2 aromatic carbocycles. The van der Waals surface area contributed by atoms with Crippen LogP contribution in [0.15, 0.2) is 60.2 Å². The first-order chi connectivity index (χ1) is 14.8. The molecule has 1 aromatic heterocycles. The zero-order valence-electron chi connectivity index (χ0n) is 17.3. The van der Waals surface area contributed by atoms with Gasteiger partial charge in [0.1, 0.15) is 5.57 Å². The molecule has 0 unspecified atom stereocenters. The molecule has 0 spiro atoms. The summed E-state index contributed by atoms with van der Waals surface area (Å²) >= 11 is 7.56. The lowest BCUT2D eigenvalue weighted by Crippen LogP contribution is -2.54. The first-order valence-corrected chi connectivity index (χ1v) is 11.2. The molecule has 1 N–H and O–H groups in total. The van der Waals surface area contributed by atoms with Crippen molar-refractivity contribution in [3.8, 4) is 5.69 Å². The number of hydrogen-bond donors (Lipinski definition) is 1. The van der Waals surface area contributed by atoms with Gasteiger partial charge < -0.3 is 4.57 Å². The number of anilines is 1. The number of nitrogens with zero attached hydrogens (tertiary/aromatic N) is 2. The number of carbonyl (C=O) groups is 2. The molecule has 31 heavy (non-hydrogen) atoms. The van der Waals surface area contributed by atoms with Crippen LogP contribution in [-0.4, -0.2) is 21.5 Å². The monoisotopic (exact) mass is 541 g/mol. The lowest BCUT2D eigenvalue weighted by Gasteiger charge is -2.29. The van der Waals surface area contributed by atoms with Crippen LogP contribution in [0.5, 0.6) is 0 Å². The van der Waals surface area contributed by atoms with Crippen LogP contribution in [0.25, 0.3) is 11.8 Å². The number of thiocarbonyl (C=S) groups is 1. The molecule has 156 valence electrons. The Bertz CT molecular complexity index is 1260. The Labute approximate surface area is 199 Å². The molecular weight excluding hydrogens is 521 g/mol. The third kappa shape index (κ3) is 4.07. The van der Waals surface area contributed by atoms with Crippen LogP contribution in [0.2, 0.25) is 0 Å². The normalized spacial score (nSPS) is 15.5. The maximum absolute atomic E-state index is 13.3. The molecule has 0 aliphatic carbocycles. The predicted octanol–water partition coefficient (Wildman–Crippen LogP) is 4.84. The van der Waals surface area contributed by atoms with Crippen molar-refractivity contribution in [2.45, 2.75) is 20.8 Å². The summed E-state index contributed by atoms with van der Waals surface area (Å²) in [6.45, 7) is 5.92. The van der Waals surface area contributed by atoms with Crippen LogP contribution in [0.4, 0.5) is 5.69 Å². The fourth-order valence-electron chi connectivity index (χ4n) is 3.74. The predicted molar refractivity (Wildman–Crippen MR) is 135 cm³/mol. The molecule has 0 saturated carbocycles. The highest BCUT2D eigenvalue weighted by molar-refractivity contribution is 14.1. The van der Waals surface area contributed by atoms with Gasteiger partial charge >= 0.3 is 0 Å². The summed E-state index contributed by atoms with van der Waals surface area (Å²) in [5, 5.41) is 2.73. The molecular formula is C24H20IN3O2S. The number of benzene rings is 2. The molecule has 4 rings (SSSR count). The van der Waals surface area contributed by atoms with Gasteiger partial charge in [0.2, 0.25) is 0 Å². The number of carbonyl (C=O) groups excluding carboxylic acids is 2. The number of aromatic nitrogens is 1. The smallest absolute Gasteiger partial charge is 0.270 e. The molecule has 0 bridgehead atoms. The number of rotatable bonds is 3. The Hall–Kier alpha value is -2.78. The van der Waals surface area contributed by atoms with Crippen molar-refractivity contribution in [1.82, 2.24) is 9.88 Å². The lowest BCUT2D eigenvalue weighted by atomic mass is 10.1. The van der Waals surface area contributed by atoms with Gasteiger partial charge in [-0.15, -0.1) is 0 Å². The second-order valence-electron chi connectivity index (χ2n) is 7.44. The van der Waals surface area contributed by atoms with E-state index in [1.54, 1.807) is 12.1 Å². The van der Waals surface area contributed by atoms with E-state index in [0.717, 1.165) is 31.8 Å². The van der Waals surface area contributed by atoms with Gasteiger partial charge in [-0.05, 0) is 115 Å². The third-order valence-corrected chi connectivity index (χ3v) is 6.22. The molecule has 2 amide bonds. The minimum atomic E-state index is -0.488. The van der Waals surface area contributed by atoms with Crippen molar-refractivity contribution in [3.63, 3.8) is 0 Å². The van der Waals surface area contributed by atoms with E-state index in [1.807, 2.05) is 57.2 Å². The van der Waals surface area contributed by atoms with Crippen LogP contribution in [0.1, 0.15) is 22.5 Å². The maximum Gasteiger partial charge on any atom is 0.270 e. The molecule has 2 heterocycles. The molecule has 3 aromatic rings. The highest BCUT2D eigenvalue weighted by Crippen LogP contribution is 2.26. The zero-order valence-corrected chi connectivity index (χ0v) is 20.2. The fourth-order valence-corrected chi connectivity index (χ4v) is 4.38. The Morgan fingerprint density at radius 1 is 0.968 bits per heavy atom. The van der Waals surface area contributed by atoms with E-state index >= 15 is 0 Å². The molecule has 0 radical (unpaired) electrons. The van der Waals surface area contributed by atoms with E-state index < -0.39 is 11.8 Å². The van der Waals surface area contributed by atoms with Crippen molar-refractivity contribution in [3.05, 3.63) is 86.3 Å². The number of hydrogen-bond acceptors (Lipinski definition) is 3. The Kier molecular flexibility index (Phi) is 5.81. The van der Waals surface area contributed by atoms with Gasteiger partial charge in [-0.25, -0.2) is 0 Å². The summed E-state index contributed by atoms with van der Waals surface area (Å²) in [5.41, 5.74) is 5.48. The molecule has 1 aliphatic heterocycles. The third-order valence-electron chi connectivity index (χ3n) is 5.22. The van der Waals surface area contributed by atoms with Crippen LogP contribution in [0.3, 0.4) is 0 Å². The molecule has 1 fully saturated rings. The average molecular weight is 541 g/mol. The van der Waals surface area contributed by atoms with Gasteiger partial charge in [-0.2, -0.15) is 0 Å². The summed E-state index contributed by atoms with van der Waals surface area (Å²) in [6, 6.07) is 17.6. The molecule has 1 saturated heterocycles. The SMILES string of the molecule is Cc1cccc(N2C(=O)/C(=C/c3cc(C)n(-c4ccc(I)cc4)c3C)C(=O)NC2=S)c1. The summed E-state index contributed by atoms with van der Waals surface area (Å²) in [4.78, 5) is 27.3. The standard InChI is InChI=1S/C24H20IN3O2S/c1-14-5-4-6-20(11-14)28-23(30)21(22(29)26-24(28)31)13-17-12-15(2)27(16(17)3)19-9-7-18(25)8-10-19/h4-13H,1-3H3,(H,26,29,31)/b21-13+. The van der Waals surface area contributed by atoms with Gasteiger partial charge in [-0.1, -0.05) is 12.1 Å². The van der Waals surface area contributed by atoms with Crippen molar-refractivity contribution in [2.24, 2.45) is 0 Å². The first-order valence-electron chi connectivity index (χ1n) is 9.69. The Morgan fingerprint density at radius 2 is 1.68 bits per heavy atom. The quantitative estimate of drug-likeness (QED) is 0.224. The number of aryl methyl sites for hydroxylation is 2. The van der Waals surface area contributed by atoms with Gasteiger partial charge in [0.15, 0.2) is 5.11 Å². The maximum atomic E-state index is 13.3. The molecule has 1 aliphatic rings. The number of halogens is 1. The fraction of sp³-hybridized carbons (Fsp3) is 0.125. The van der Waals surface area contributed by atoms with Crippen molar-refractivity contribution < 1.29 is 9.59 Å². The number of nitrogens with one attached hydrogen (secondary N) is 1. The summed E-state index contributed by atoms with van der Waals surface area (Å²) in [7, 11) is 0. The van der Waals surface area contributed by atoms with Crippen LogP contribution >= 0.6 is 34.8 Å². The highest BCUT2D eigenvalue weighted by Gasteiger charge is 2.34. The molecule has 7 heteroatoms. The Balaban J connectivity index is 1.76. The number of amides is 2. The summed E-state index contributed by atoms with van der Waals surface area (Å²) < 4.78 is 3.26. The van der Waals surface area contributed by atoms with Crippen molar-refractivity contribution >= 4 is 63.5 Å². The Morgan fingerprint density at radius 3 is 2.35 bits per heavy atom. The van der Waals surface area contributed by atoms with E-state index in [2.05, 4.69) is 44.6 Å². The van der Waals surface area contributed by atoms with Gasteiger partial charge in [0.05, 0.1) is 5.69 Å². The second kappa shape index (κ2) is 8.39. The highest BCUT2D eigenvalue weighted by atomic mass is 127. The van der Waals surface area contributed by atoms with Gasteiger partial charge in [0, 0.05) is 20.6 Å². The van der Waals surface area contributed by atoms with E-state index in [-0.39, 0.29) is 10.7 Å². The second-order valence-corrected chi connectivity index (χ2v) is 9.07. The van der Waals surface area contributed by atoms with Crippen LogP contribution in [-0.2, 0) is 9.59 Å². The van der Waals surface area contributed by atoms with Gasteiger partial charge in [-0.3, -0.25) is 19.8 Å². The van der Waals surface area contributed by atoms with Crippen LogP contribution < -0.4 is 10.2 Å². The van der Waals surface area contributed by atoms with E-state index in [0.29, 0.717) is 5.69 Å². The minimum absolute atomic E-state index is 0.0537. The summed E-state index contributed by atoms with van der Waals surface area (Å²) in [6.07, 6.45) is 1.65. The van der Waals surface area contributed by atoms with Crippen molar-refractivity contribution in [1.29, 1.82) is 0 Å². The minimum Gasteiger partial charge on any atom is -0.318 e. The molecule has 0 atom stereocenters. The van der Waals surface area contributed by atoms with E-state index in [4.69, 9.17) is 12.2 Å². The van der Waals surface area contributed by atoms with Crippen LogP contribution in [0, 0.1) is 24.3 Å². The summed E-state index contributed by atoms with van der Waals surface area (Å²) in [5.74, 6) is -0.920. The largest absolute Gasteiger partial charge is 0.318 e. The van der Waals surface area contributed by atoms with Gasteiger partial charge in [0.25, 0.3) is 11.8 Å². The van der Waals surface area contributed by atoms with Crippen molar-refractivity contribution in [2.75, 3.05) is 4.90 Å². The molecule has 5 nitrogen and oxygen atoms in total. The average Bonchev–Trinajstić information content (AvgIpc) is 2.99. The lowest BCUT2D eigenvalue weighted by molar-refractivity contribution is -0.122. The van der Waals surface area contributed by atoms with E-state index in [9.17, 15) is 9.59 Å². The van der Waals surface area contributed by atoms with E-state index in [1.165, 1.54) is 4.90 Å².